The van der Waals surface area contributed by atoms with Gasteiger partial charge in [0.15, 0.2) is 28.4 Å². The maximum absolute atomic E-state index is 15.5. The van der Waals surface area contributed by atoms with Crippen LogP contribution in [0.2, 0.25) is 5.02 Å². The van der Waals surface area contributed by atoms with Crippen LogP contribution in [0.5, 0.6) is 5.88 Å². The van der Waals surface area contributed by atoms with Crippen LogP contribution < -0.4 is 30.5 Å². The third kappa shape index (κ3) is 8.15. The molecule has 7 aromatic rings. The largest absolute Gasteiger partial charge is 0.478 e. The number of ether oxygens (including phenoxy) is 2. The fraction of sp³-hybridized carbons (Fsp3) is 0.351. The molecule has 328 valence electrons. The van der Waals surface area contributed by atoms with Gasteiger partial charge in [-0.25, -0.2) is 23.5 Å². The maximum Gasteiger partial charge on any atom is 0.410 e. The van der Waals surface area contributed by atoms with Crippen LogP contribution >= 0.6 is 27.5 Å². The summed E-state index contributed by atoms with van der Waals surface area (Å²) in [5.41, 5.74) is 2.62. The van der Waals surface area contributed by atoms with Crippen LogP contribution in [-0.2, 0) is 30.2 Å². The number of H-pyrrole nitrogens is 1. The second-order valence-corrected chi connectivity index (χ2v) is 16.0. The van der Waals surface area contributed by atoms with Crippen LogP contribution in [0.4, 0.5) is 42.9 Å². The van der Waals surface area contributed by atoms with Gasteiger partial charge in [0.1, 0.15) is 29.8 Å². The van der Waals surface area contributed by atoms with Crippen LogP contribution in [0.1, 0.15) is 5.82 Å². The molecule has 2 aliphatic heterocycles. The number of aryl methyl sites for hydroxylation is 2. The molecule has 2 saturated heterocycles. The van der Waals surface area contributed by atoms with Gasteiger partial charge in [-0.3, -0.25) is 9.48 Å². The summed E-state index contributed by atoms with van der Waals surface area (Å²) in [6.45, 7) is 4.78. The Morgan fingerprint density at radius 1 is 1.03 bits per heavy atom. The zero-order chi connectivity index (χ0) is 44.1. The number of piperazine rings is 1. The van der Waals surface area contributed by atoms with Gasteiger partial charge >= 0.3 is 6.09 Å². The Labute approximate surface area is 368 Å². The zero-order valence-electron chi connectivity index (χ0n) is 33.8. The van der Waals surface area contributed by atoms with Crippen molar-refractivity contribution >= 4 is 96.7 Å². The molecule has 0 bridgehead atoms. The third-order valence-corrected chi connectivity index (χ3v) is 11.3. The topological polar surface area (TPSA) is 232 Å². The first-order chi connectivity index (χ1) is 30.3. The van der Waals surface area contributed by atoms with Crippen molar-refractivity contribution in [3.8, 4) is 5.88 Å². The van der Waals surface area contributed by atoms with Gasteiger partial charge in [0, 0.05) is 52.4 Å². The third-order valence-electron chi connectivity index (χ3n) is 10.5. The highest BCUT2D eigenvalue weighted by atomic mass is 79.9. The monoisotopic (exact) mass is 950 g/mol. The van der Waals surface area contributed by atoms with Gasteiger partial charge in [0.2, 0.25) is 23.8 Å². The SMILES string of the molecule is C=C(COC(=O)N1CCN(c2nc(NCc3nc4c(F)c(Cl)ccc4[nH]3)n3ncc(Br)c3n2)CC1)C(=O)N[C@@H]1CN(c2nc(Nc3cn(C)nc3OC)c3ncn(C)c3n2)C[C@H]1F. The molecule has 0 spiro atoms. The van der Waals surface area contributed by atoms with Crippen LogP contribution in [0.25, 0.3) is 27.8 Å². The summed E-state index contributed by atoms with van der Waals surface area (Å²) in [5, 5.41) is 17.7. The van der Waals surface area contributed by atoms with Crippen molar-refractivity contribution in [1.29, 1.82) is 0 Å². The van der Waals surface area contributed by atoms with Crippen molar-refractivity contribution in [2.75, 3.05) is 73.4 Å². The van der Waals surface area contributed by atoms with Gasteiger partial charge < -0.3 is 49.7 Å². The first kappa shape index (κ1) is 41.5. The molecule has 0 aliphatic carbocycles. The van der Waals surface area contributed by atoms with Crippen LogP contribution in [0, 0.1) is 5.82 Å². The Kier molecular flexibility index (Phi) is 11.0. The second kappa shape index (κ2) is 16.8. The van der Waals surface area contributed by atoms with Crippen molar-refractivity contribution in [3.05, 3.63) is 64.1 Å². The Morgan fingerprint density at radius 2 is 1.81 bits per heavy atom. The van der Waals surface area contributed by atoms with Crippen molar-refractivity contribution in [2.45, 2.75) is 18.8 Å². The molecule has 2 atom stereocenters. The fourth-order valence-corrected chi connectivity index (χ4v) is 7.70. The van der Waals surface area contributed by atoms with E-state index >= 15 is 4.39 Å². The lowest BCUT2D eigenvalue weighted by atomic mass is 10.2. The van der Waals surface area contributed by atoms with E-state index in [4.69, 9.17) is 26.1 Å². The van der Waals surface area contributed by atoms with Crippen LogP contribution in [-0.4, -0.2) is 141 Å². The van der Waals surface area contributed by atoms with Gasteiger partial charge in [-0.2, -0.15) is 29.5 Å². The minimum absolute atomic E-state index is 0.0234. The number of benzene rings is 1. The number of alkyl halides is 1. The predicted octanol–water partition coefficient (Wildman–Crippen LogP) is 3.49. The number of amides is 2. The van der Waals surface area contributed by atoms with E-state index < -0.39 is 36.6 Å². The molecule has 22 nitrogen and oxygen atoms in total. The number of hydrogen-bond donors (Lipinski definition) is 4. The first-order valence-electron chi connectivity index (χ1n) is 19.4. The van der Waals surface area contributed by atoms with Gasteiger partial charge in [0.05, 0.1) is 60.0 Å². The molecule has 63 heavy (non-hydrogen) atoms. The molecule has 2 amide bonds. The van der Waals surface area contributed by atoms with Crippen LogP contribution in [0.15, 0.2) is 47.5 Å². The van der Waals surface area contributed by atoms with E-state index in [0.717, 1.165) is 0 Å². The number of hydrogen-bond acceptors (Lipinski definition) is 16. The molecule has 8 heterocycles. The minimum atomic E-state index is -1.46. The molecule has 1 aromatic carbocycles. The molecule has 0 unspecified atom stereocenters. The number of nitrogens with zero attached hydrogens (tertiary/aromatic N) is 14. The van der Waals surface area contributed by atoms with E-state index in [1.54, 1.807) is 53.0 Å². The highest BCUT2D eigenvalue weighted by Gasteiger charge is 2.36. The standard InChI is InChI=1S/C37H38BrClF2N18O4/c1-18(32(60)47-23-15-58(13-21(23)40)35-49-29(28-31(51-35)54(2)17-43-28)46-24-14-55(3)53-33(24)62-4)16-63-37(61)57-9-7-56(8-10-57)36-50-30-19(38)11-44-59(30)34(52-36)42-12-25-45-22-6-5-20(39)26(41)27(22)48-25/h5-6,11,14,17,21,23H,1,7-10,12-13,15-16H2,2-4H3,(H,45,48)(H,47,60)(H,42,50,52)(H,46,49,51)/t21-,23-/m1/s1. The number of anilines is 5. The van der Waals surface area contributed by atoms with Crippen molar-refractivity contribution in [1.82, 2.24) is 69.1 Å². The molecule has 0 saturated carbocycles. The van der Waals surface area contributed by atoms with E-state index in [9.17, 15) is 14.0 Å². The van der Waals surface area contributed by atoms with E-state index in [1.807, 2.05) is 4.90 Å². The Balaban J connectivity index is 0.781. The number of nitrogens with one attached hydrogen (secondary N) is 4. The smallest absolute Gasteiger partial charge is 0.410 e. The van der Waals surface area contributed by atoms with Gasteiger partial charge in [-0.05, 0) is 28.1 Å². The van der Waals surface area contributed by atoms with E-state index in [0.29, 0.717) is 75.0 Å². The predicted molar refractivity (Wildman–Crippen MR) is 230 cm³/mol. The Morgan fingerprint density at radius 3 is 2.60 bits per heavy atom. The normalized spacial score (nSPS) is 16.7. The summed E-state index contributed by atoms with van der Waals surface area (Å²) in [6, 6.07) is 2.19. The molecule has 2 fully saturated rings. The molecule has 0 radical (unpaired) electrons. The summed E-state index contributed by atoms with van der Waals surface area (Å²) in [5.74, 6) is 0.864. The lowest BCUT2D eigenvalue weighted by Gasteiger charge is -2.34. The summed E-state index contributed by atoms with van der Waals surface area (Å²) in [4.78, 5) is 61.8. The lowest BCUT2D eigenvalue weighted by Crippen LogP contribution is -2.49. The number of aromatic amines is 1. The quantitative estimate of drug-likeness (QED) is 0.129. The number of halogens is 4. The van der Waals surface area contributed by atoms with Crippen molar-refractivity contribution in [3.63, 3.8) is 0 Å². The van der Waals surface area contributed by atoms with E-state index in [-0.39, 0.29) is 54.8 Å². The van der Waals surface area contributed by atoms with Crippen molar-refractivity contribution in [2.24, 2.45) is 14.1 Å². The summed E-state index contributed by atoms with van der Waals surface area (Å²) >= 11 is 9.42. The molecule has 9 rings (SSSR count). The van der Waals surface area contributed by atoms with E-state index in [1.165, 1.54) is 22.6 Å². The molecule has 26 heteroatoms. The number of carbonyl (C=O) groups excluding carboxylic acids is 2. The first-order valence-corrected chi connectivity index (χ1v) is 20.6. The van der Waals surface area contributed by atoms with Gasteiger partial charge in [-0.15, -0.1) is 5.10 Å². The molecule has 4 N–H and O–H groups in total. The summed E-state index contributed by atoms with van der Waals surface area (Å²) in [6.07, 6.45) is 2.81. The highest BCUT2D eigenvalue weighted by molar-refractivity contribution is 9.10. The molecular weight excluding hydrogens is 914 g/mol. The number of fused-ring (bicyclic) bond motifs is 3. The molecular formula is C37H38BrClF2N18O4. The number of imidazole rings is 2. The second-order valence-electron chi connectivity index (χ2n) is 14.8. The summed E-state index contributed by atoms with van der Waals surface area (Å²) < 4.78 is 46.3. The van der Waals surface area contributed by atoms with Gasteiger partial charge in [-0.1, -0.05) is 18.2 Å². The number of aromatic nitrogens is 12. The minimum Gasteiger partial charge on any atom is -0.478 e. The number of carbonyl (C=O) groups is 2. The lowest BCUT2D eigenvalue weighted by molar-refractivity contribution is -0.118. The molecule has 6 aromatic heterocycles. The fourth-order valence-electron chi connectivity index (χ4n) is 7.20. The van der Waals surface area contributed by atoms with Gasteiger partial charge in [0.25, 0.3) is 5.88 Å². The number of rotatable bonds is 12. The Bertz CT molecular complexity index is 2910. The average molecular weight is 952 g/mol. The highest BCUT2D eigenvalue weighted by Crippen LogP contribution is 2.31. The molecule has 2 aliphatic rings. The van der Waals surface area contributed by atoms with Crippen molar-refractivity contribution < 1.29 is 27.8 Å². The van der Waals surface area contributed by atoms with E-state index in [2.05, 4.69) is 78.6 Å². The number of methoxy groups -OCH3 is 1. The van der Waals surface area contributed by atoms with Crippen LogP contribution in [0.3, 0.4) is 0 Å². The average Bonchev–Trinajstić information content (AvgIpc) is 4.12. The maximum atomic E-state index is 15.5. The Hall–Kier alpha value is -6.89. The zero-order valence-corrected chi connectivity index (χ0v) is 36.2. The summed E-state index contributed by atoms with van der Waals surface area (Å²) in [7, 11) is 5.04.